The van der Waals surface area contributed by atoms with Gasteiger partial charge < -0.3 is 19.3 Å². The third-order valence-electron chi connectivity index (χ3n) is 6.13. The molecule has 9 nitrogen and oxygen atoms in total. The number of ether oxygens (including phenoxy) is 2. The number of nitrogens with one attached hydrogen (secondary N) is 1. The van der Waals surface area contributed by atoms with E-state index in [4.69, 9.17) is 14.5 Å². The van der Waals surface area contributed by atoms with Gasteiger partial charge in [-0.1, -0.05) is 30.3 Å². The second-order valence-corrected chi connectivity index (χ2v) is 8.73. The largest absolute Gasteiger partial charge is 0.489 e. The van der Waals surface area contributed by atoms with E-state index in [9.17, 15) is 4.39 Å². The average molecular weight is 492 g/mol. The van der Waals surface area contributed by atoms with Crippen LogP contribution in [0.3, 0.4) is 0 Å². The summed E-state index contributed by atoms with van der Waals surface area (Å²) in [5.41, 5.74) is 4.30. The summed E-state index contributed by atoms with van der Waals surface area (Å²) in [5, 5.41) is 4.35. The van der Waals surface area contributed by atoms with Crippen LogP contribution in [0, 0.1) is 5.82 Å². The van der Waals surface area contributed by atoms with Gasteiger partial charge in [-0.3, -0.25) is 0 Å². The molecule has 0 aliphatic carbocycles. The second-order valence-electron chi connectivity index (χ2n) is 8.73. The Kier molecular flexibility index (Phi) is 7.82. The van der Waals surface area contributed by atoms with Gasteiger partial charge in [0.25, 0.3) is 0 Å². The van der Waals surface area contributed by atoms with E-state index >= 15 is 0 Å². The van der Waals surface area contributed by atoms with E-state index in [2.05, 4.69) is 30.3 Å². The summed E-state index contributed by atoms with van der Waals surface area (Å²) in [7, 11) is 0. The third kappa shape index (κ3) is 6.25. The van der Waals surface area contributed by atoms with E-state index in [1.165, 1.54) is 12.5 Å². The number of aromatic nitrogens is 3. The van der Waals surface area contributed by atoms with Gasteiger partial charge in [-0.05, 0) is 43.0 Å². The lowest BCUT2D eigenvalue weighted by Crippen LogP contribution is -2.38. The average Bonchev–Trinajstić information content (AvgIpc) is 2.94. The fourth-order valence-corrected chi connectivity index (χ4v) is 4.17. The molecule has 2 aromatic carbocycles. The maximum absolute atomic E-state index is 13.9. The zero-order valence-corrected chi connectivity index (χ0v) is 20.1. The molecule has 3 aromatic rings. The van der Waals surface area contributed by atoms with Gasteiger partial charge in [-0.2, -0.15) is 20.1 Å². The van der Waals surface area contributed by atoms with Crippen molar-refractivity contribution in [3.8, 4) is 5.75 Å². The molecular formula is C26H30FN7O2. The summed E-state index contributed by atoms with van der Waals surface area (Å²) in [6.45, 7) is 4.82. The Morgan fingerprint density at radius 3 is 2.44 bits per heavy atom. The first-order chi connectivity index (χ1) is 17.7. The quantitative estimate of drug-likeness (QED) is 0.375. The van der Waals surface area contributed by atoms with Gasteiger partial charge >= 0.3 is 0 Å². The zero-order chi connectivity index (χ0) is 24.6. The lowest BCUT2D eigenvalue weighted by Gasteiger charge is -2.30. The van der Waals surface area contributed by atoms with E-state index in [1.807, 2.05) is 24.3 Å². The minimum absolute atomic E-state index is 0.153. The van der Waals surface area contributed by atoms with Crippen LogP contribution in [0.2, 0.25) is 0 Å². The molecule has 2 aliphatic heterocycles. The summed E-state index contributed by atoms with van der Waals surface area (Å²) < 4.78 is 25.1. The standard InChI is InChI=1S/C26H30FN7O2/c27-23-10-3-2-8-21(23)19-36-22-9-6-7-20(17-22)18-28-32-24-29-25(33-11-4-1-5-12-33)31-26(30-24)34-13-15-35-16-14-34/h2-3,6-10,17-18H,1,4-5,11-16,19H2,(H,29,30,31,32)/b28-18-. The number of nitrogens with zero attached hydrogens (tertiary/aromatic N) is 6. The van der Waals surface area contributed by atoms with Crippen molar-refractivity contribution in [3.63, 3.8) is 0 Å². The summed E-state index contributed by atoms with van der Waals surface area (Å²) in [4.78, 5) is 18.3. The fourth-order valence-electron chi connectivity index (χ4n) is 4.17. The Hall–Kier alpha value is -3.79. The highest BCUT2D eigenvalue weighted by Gasteiger charge is 2.20. The van der Waals surface area contributed by atoms with Crippen molar-refractivity contribution in [2.24, 2.45) is 5.10 Å². The topological polar surface area (TPSA) is 88.0 Å². The lowest BCUT2D eigenvalue weighted by atomic mass is 10.1. The third-order valence-corrected chi connectivity index (χ3v) is 6.13. The summed E-state index contributed by atoms with van der Waals surface area (Å²) in [6, 6.07) is 14.0. The first-order valence-electron chi connectivity index (χ1n) is 12.3. The smallest absolute Gasteiger partial charge is 0.250 e. The molecule has 3 heterocycles. The number of rotatable bonds is 8. The maximum Gasteiger partial charge on any atom is 0.250 e. The van der Waals surface area contributed by atoms with Crippen LogP contribution >= 0.6 is 0 Å². The highest BCUT2D eigenvalue weighted by Crippen LogP contribution is 2.21. The van der Waals surface area contributed by atoms with Crippen LogP contribution in [0.1, 0.15) is 30.4 Å². The minimum atomic E-state index is -0.280. The predicted octanol–water partition coefficient (Wildman–Crippen LogP) is 3.86. The van der Waals surface area contributed by atoms with Gasteiger partial charge in [0.15, 0.2) is 0 Å². The van der Waals surface area contributed by atoms with Gasteiger partial charge in [0.1, 0.15) is 18.2 Å². The number of hydrogen-bond acceptors (Lipinski definition) is 9. The molecule has 0 radical (unpaired) electrons. The monoisotopic (exact) mass is 491 g/mol. The van der Waals surface area contributed by atoms with Crippen LogP contribution in [0.5, 0.6) is 5.75 Å². The van der Waals surface area contributed by atoms with Gasteiger partial charge in [0.2, 0.25) is 17.8 Å². The van der Waals surface area contributed by atoms with Gasteiger partial charge in [-0.25, -0.2) is 9.82 Å². The normalized spacial score (nSPS) is 16.4. The Balaban J connectivity index is 1.27. The Labute approximate surface area is 210 Å². The summed E-state index contributed by atoms with van der Waals surface area (Å²) in [5.74, 6) is 2.05. The molecule has 0 atom stereocenters. The maximum atomic E-state index is 13.9. The molecule has 10 heteroatoms. The molecule has 0 unspecified atom stereocenters. The number of benzene rings is 2. The van der Waals surface area contributed by atoms with Crippen molar-refractivity contribution in [3.05, 3.63) is 65.5 Å². The second kappa shape index (κ2) is 11.8. The number of piperidine rings is 1. The van der Waals surface area contributed by atoms with Crippen LogP contribution in [0.4, 0.5) is 22.2 Å². The van der Waals surface area contributed by atoms with Gasteiger partial charge in [0.05, 0.1) is 19.4 Å². The van der Waals surface area contributed by atoms with Crippen molar-refractivity contribution >= 4 is 24.1 Å². The van der Waals surface area contributed by atoms with Crippen LogP contribution in [0.25, 0.3) is 0 Å². The molecule has 1 aromatic heterocycles. The molecule has 1 N–H and O–H groups in total. The van der Waals surface area contributed by atoms with Crippen molar-refractivity contribution in [1.82, 2.24) is 15.0 Å². The molecule has 188 valence electrons. The summed E-state index contributed by atoms with van der Waals surface area (Å²) in [6.07, 6.45) is 5.18. The van der Waals surface area contributed by atoms with Crippen molar-refractivity contribution in [2.75, 3.05) is 54.6 Å². The molecule has 0 bridgehead atoms. The predicted molar refractivity (Wildman–Crippen MR) is 137 cm³/mol. The number of hydrogen-bond donors (Lipinski definition) is 1. The van der Waals surface area contributed by atoms with Crippen LogP contribution in [-0.4, -0.2) is 60.6 Å². The van der Waals surface area contributed by atoms with Crippen LogP contribution < -0.4 is 20.0 Å². The number of halogens is 1. The zero-order valence-electron chi connectivity index (χ0n) is 20.1. The molecule has 2 saturated heterocycles. The minimum Gasteiger partial charge on any atom is -0.489 e. The van der Waals surface area contributed by atoms with Crippen molar-refractivity contribution < 1.29 is 13.9 Å². The number of morpholine rings is 1. The number of hydrazone groups is 1. The molecule has 2 fully saturated rings. The van der Waals surface area contributed by atoms with Gasteiger partial charge in [-0.15, -0.1) is 0 Å². The molecule has 36 heavy (non-hydrogen) atoms. The fraction of sp³-hybridized carbons (Fsp3) is 0.385. The van der Waals surface area contributed by atoms with E-state index in [0.29, 0.717) is 42.4 Å². The Bertz CT molecular complexity index is 1140. The van der Waals surface area contributed by atoms with Crippen molar-refractivity contribution in [2.45, 2.75) is 25.9 Å². The number of anilines is 3. The van der Waals surface area contributed by atoms with Crippen LogP contribution in [-0.2, 0) is 11.3 Å². The molecule has 5 rings (SSSR count). The first kappa shape index (κ1) is 23.9. The van der Waals surface area contributed by atoms with E-state index < -0.39 is 0 Å². The first-order valence-corrected chi connectivity index (χ1v) is 12.3. The van der Waals surface area contributed by atoms with E-state index in [0.717, 1.165) is 44.6 Å². The highest BCUT2D eigenvalue weighted by atomic mass is 19.1. The van der Waals surface area contributed by atoms with Gasteiger partial charge in [0, 0.05) is 31.7 Å². The lowest BCUT2D eigenvalue weighted by molar-refractivity contribution is 0.122. The van der Waals surface area contributed by atoms with E-state index in [1.54, 1.807) is 24.4 Å². The van der Waals surface area contributed by atoms with E-state index in [-0.39, 0.29) is 12.4 Å². The van der Waals surface area contributed by atoms with Crippen molar-refractivity contribution in [1.29, 1.82) is 0 Å². The van der Waals surface area contributed by atoms with Crippen LogP contribution in [0.15, 0.2) is 53.6 Å². The summed E-state index contributed by atoms with van der Waals surface area (Å²) >= 11 is 0. The highest BCUT2D eigenvalue weighted by molar-refractivity contribution is 5.80. The molecule has 0 amide bonds. The SMILES string of the molecule is Fc1ccccc1COc1cccc(/C=N\Nc2nc(N3CCCCC3)nc(N3CCOCC3)n2)c1. The Morgan fingerprint density at radius 1 is 0.917 bits per heavy atom. The molecule has 2 aliphatic rings. The molecule has 0 saturated carbocycles. The Morgan fingerprint density at radius 2 is 1.67 bits per heavy atom. The molecular weight excluding hydrogens is 461 g/mol. The molecule has 0 spiro atoms.